The molecular weight excluding hydrogens is 525 g/mol. The Bertz CT molecular complexity index is 1440. The molecule has 4 rings (SSSR count). The van der Waals surface area contributed by atoms with E-state index in [1.807, 2.05) is 24.3 Å². The number of amides is 1. The Balaban J connectivity index is 1.67. The minimum atomic E-state index is -4.65. The van der Waals surface area contributed by atoms with Crippen LogP contribution in [0.1, 0.15) is 45.9 Å². The summed E-state index contributed by atoms with van der Waals surface area (Å²) in [5.74, 6) is -0.543. The van der Waals surface area contributed by atoms with E-state index in [1.165, 1.54) is 24.3 Å². The second-order valence-electron chi connectivity index (χ2n) is 8.63. The van der Waals surface area contributed by atoms with Crippen LogP contribution in [0.4, 0.5) is 18.9 Å². The number of benzene rings is 3. The highest BCUT2D eigenvalue weighted by Gasteiger charge is 2.33. The summed E-state index contributed by atoms with van der Waals surface area (Å²) in [6.07, 6.45) is -0.866. The molecule has 1 aliphatic rings. The van der Waals surface area contributed by atoms with Crippen molar-refractivity contribution in [2.24, 2.45) is 0 Å². The van der Waals surface area contributed by atoms with Crippen LogP contribution in [0, 0.1) is 0 Å². The van der Waals surface area contributed by atoms with Crippen molar-refractivity contribution >= 4 is 33.2 Å². The van der Waals surface area contributed by atoms with Crippen LogP contribution in [0.15, 0.2) is 84.3 Å². The molecule has 0 radical (unpaired) electrons. The molecule has 0 spiro atoms. The molecule has 0 aliphatic heterocycles. The normalized spacial score (nSPS) is 15.5. The molecule has 3 aromatic rings. The van der Waals surface area contributed by atoms with Crippen LogP contribution >= 0.6 is 11.6 Å². The van der Waals surface area contributed by atoms with Gasteiger partial charge in [-0.1, -0.05) is 48.0 Å². The van der Waals surface area contributed by atoms with Crippen LogP contribution in [0.5, 0.6) is 0 Å². The number of carbonyl (C=O) groups is 1. The molecule has 1 aliphatic carbocycles. The Labute approximate surface area is 218 Å². The Morgan fingerprint density at radius 1 is 1.11 bits per heavy atom. The summed E-state index contributed by atoms with van der Waals surface area (Å²) in [6, 6.07) is 15.2. The van der Waals surface area contributed by atoms with Gasteiger partial charge in [-0.2, -0.15) is 13.2 Å². The number of carbonyl (C=O) groups excluding carboxylic acids is 1. The highest BCUT2D eigenvalue weighted by Crippen LogP contribution is 2.34. The standard InChI is InChI=1S/C27H24ClF3N2O3S/c1-2-15-33(20-10-6-9-19(16-20)27(29,30)31)37(35,36)21-13-14-24(28)23(17-21)26(34)32-25-12-5-8-18-7-3-4-11-22(18)25/h2-4,6-7,9-11,13-14,16-17,25H,1,5,8,12,15H2,(H,32,34)/t25-/m0/s1. The van der Waals surface area contributed by atoms with Crippen molar-refractivity contribution in [1.29, 1.82) is 0 Å². The van der Waals surface area contributed by atoms with Crippen LogP contribution < -0.4 is 9.62 Å². The third-order valence-corrected chi connectivity index (χ3v) is 8.32. The summed E-state index contributed by atoms with van der Waals surface area (Å²) in [6.45, 7) is 3.25. The van der Waals surface area contributed by atoms with Gasteiger partial charge in [0.2, 0.25) is 0 Å². The van der Waals surface area contributed by atoms with Crippen LogP contribution in [0.25, 0.3) is 0 Å². The van der Waals surface area contributed by atoms with Gasteiger partial charge >= 0.3 is 6.18 Å². The van der Waals surface area contributed by atoms with Crippen molar-refractivity contribution in [2.75, 3.05) is 10.8 Å². The average Bonchev–Trinajstić information content (AvgIpc) is 2.87. The van der Waals surface area contributed by atoms with E-state index in [1.54, 1.807) is 0 Å². The first kappa shape index (κ1) is 26.8. The molecule has 37 heavy (non-hydrogen) atoms. The number of rotatable bonds is 7. The van der Waals surface area contributed by atoms with Gasteiger partial charge in [0.1, 0.15) is 0 Å². The Morgan fingerprint density at radius 2 is 1.86 bits per heavy atom. The summed E-state index contributed by atoms with van der Waals surface area (Å²) in [5, 5.41) is 3.00. The van der Waals surface area contributed by atoms with Crippen molar-refractivity contribution in [3.63, 3.8) is 0 Å². The number of aryl methyl sites for hydroxylation is 1. The van der Waals surface area contributed by atoms with Gasteiger partial charge in [-0.25, -0.2) is 8.42 Å². The zero-order chi connectivity index (χ0) is 26.8. The minimum absolute atomic E-state index is 0.0478. The van der Waals surface area contributed by atoms with Gasteiger partial charge in [0, 0.05) is 0 Å². The van der Waals surface area contributed by atoms with Crippen molar-refractivity contribution in [2.45, 2.75) is 36.4 Å². The van der Waals surface area contributed by atoms with Gasteiger partial charge in [0.15, 0.2) is 0 Å². The topological polar surface area (TPSA) is 66.5 Å². The predicted octanol–water partition coefficient (Wildman–Crippen LogP) is 6.55. The van der Waals surface area contributed by atoms with Crippen molar-refractivity contribution in [3.05, 3.63) is 107 Å². The molecule has 1 amide bonds. The lowest BCUT2D eigenvalue weighted by Crippen LogP contribution is -2.33. The molecule has 0 unspecified atom stereocenters. The smallest absolute Gasteiger partial charge is 0.345 e. The fourth-order valence-electron chi connectivity index (χ4n) is 4.40. The van der Waals surface area contributed by atoms with Crippen LogP contribution in [0.3, 0.4) is 0 Å². The summed E-state index contributed by atoms with van der Waals surface area (Å²) in [5.41, 5.74) is 0.924. The zero-order valence-electron chi connectivity index (χ0n) is 19.6. The van der Waals surface area contributed by atoms with Gasteiger partial charge < -0.3 is 5.32 Å². The third kappa shape index (κ3) is 5.67. The number of sulfonamides is 1. The number of anilines is 1. The lowest BCUT2D eigenvalue weighted by Gasteiger charge is -2.27. The minimum Gasteiger partial charge on any atom is -0.345 e. The molecule has 1 N–H and O–H groups in total. The summed E-state index contributed by atoms with van der Waals surface area (Å²) in [4.78, 5) is 12.9. The summed E-state index contributed by atoms with van der Waals surface area (Å²) < 4.78 is 67.7. The molecule has 0 saturated heterocycles. The fourth-order valence-corrected chi connectivity index (χ4v) is 6.06. The van der Waals surface area contributed by atoms with E-state index in [0.717, 1.165) is 59.0 Å². The van der Waals surface area contributed by atoms with Gasteiger partial charge in [-0.15, -0.1) is 6.58 Å². The zero-order valence-corrected chi connectivity index (χ0v) is 21.2. The number of alkyl halides is 3. The first-order chi connectivity index (χ1) is 17.5. The summed E-state index contributed by atoms with van der Waals surface area (Å²) in [7, 11) is -4.38. The lowest BCUT2D eigenvalue weighted by molar-refractivity contribution is -0.137. The van der Waals surface area contributed by atoms with Crippen LogP contribution in [-0.4, -0.2) is 20.9 Å². The Morgan fingerprint density at radius 3 is 2.59 bits per heavy atom. The maximum atomic E-state index is 13.5. The molecule has 10 heteroatoms. The lowest BCUT2D eigenvalue weighted by atomic mass is 9.87. The molecule has 0 saturated carbocycles. The predicted molar refractivity (Wildman–Crippen MR) is 137 cm³/mol. The largest absolute Gasteiger partial charge is 0.416 e. The van der Waals surface area contributed by atoms with E-state index in [4.69, 9.17) is 11.6 Å². The number of fused-ring (bicyclic) bond motifs is 1. The number of nitrogens with one attached hydrogen (secondary N) is 1. The van der Waals surface area contributed by atoms with E-state index in [0.29, 0.717) is 0 Å². The van der Waals surface area contributed by atoms with Crippen molar-refractivity contribution < 1.29 is 26.4 Å². The molecule has 0 bridgehead atoms. The fraction of sp³-hybridized carbons (Fsp3) is 0.222. The highest BCUT2D eigenvalue weighted by molar-refractivity contribution is 7.92. The van der Waals surface area contributed by atoms with E-state index in [9.17, 15) is 26.4 Å². The maximum absolute atomic E-state index is 13.5. The summed E-state index contributed by atoms with van der Waals surface area (Å²) >= 11 is 6.28. The second kappa shape index (κ2) is 10.6. The van der Waals surface area contributed by atoms with E-state index in [-0.39, 0.29) is 33.8 Å². The highest BCUT2D eigenvalue weighted by atomic mass is 35.5. The van der Waals surface area contributed by atoms with Gasteiger partial charge in [-0.3, -0.25) is 9.10 Å². The molecule has 0 heterocycles. The van der Waals surface area contributed by atoms with Gasteiger partial charge in [0.05, 0.1) is 39.3 Å². The first-order valence-corrected chi connectivity index (χ1v) is 13.3. The molecule has 1 atom stereocenters. The van der Waals surface area contributed by atoms with E-state index in [2.05, 4.69) is 11.9 Å². The number of nitrogens with zero attached hydrogens (tertiary/aromatic N) is 1. The molecule has 3 aromatic carbocycles. The van der Waals surface area contributed by atoms with Gasteiger partial charge in [0.25, 0.3) is 15.9 Å². The number of hydrogen-bond acceptors (Lipinski definition) is 3. The van der Waals surface area contributed by atoms with Crippen LogP contribution in [0.2, 0.25) is 5.02 Å². The van der Waals surface area contributed by atoms with E-state index >= 15 is 0 Å². The first-order valence-electron chi connectivity index (χ1n) is 11.5. The van der Waals surface area contributed by atoms with Crippen molar-refractivity contribution in [1.82, 2.24) is 5.32 Å². The molecule has 0 fully saturated rings. The Hall–Kier alpha value is -3.30. The average molecular weight is 549 g/mol. The van der Waals surface area contributed by atoms with E-state index < -0.39 is 27.7 Å². The quantitative estimate of drug-likeness (QED) is 0.341. The third-order valence-electron chi connectivity index (χ3n) is 6.20. The molecule has 194 valence electrons. The molecular formula is C27H24ClF3N2O3S. The monoisotopic (exact) mass is 548 g/mol. The van der Waals surface area contributed by atoms with Crippen LogP contribution in [-0.2, 0) is 22.6 Å². The number of halogens is 4. The van der Waals surface area contributed by atoms with Gasteiger partial charge in [-0.05, 0) is 66.8 Å². The Kier molecular flexibility index (Phi) is 7.66. The maximum Gasteiger partial charge on any atom is 0.416 e. The number of hydrogen-bond donors (Lipinski definition) is 1. The second-order valence-corrected chi connectivity index (χ2v) is 10.9. The molecule has 0 aromatic heterocycles. The molecule has 5 nitrogen and oxygen atoms in total. The SMILES string of the molecule is C=CCN(c1cccc(C(F)(F)F)c1)S(=O)(=O)c1ccc(Cl)c(C(=O)N[C@H]2CCCc3ccccc32)c1. The van der Waals surface area contributed by atoms with Crippen molar-refractivity contribution in [3.8, 4) is 0 Å².